The van der Waals surface area contributed by atoms with Crippen molar-refractivity contribution in [2.24, 2.45) is 0 Å². The molecule has 21 heavy (non-hydrogen) atoms. The van der Waals surface area contributed by atoms with Crippen molar-refractivity contribution >= 4 is 23.6 Å². The maximum Gasteiger partial charge on any atom is 0.338 e. The zero-order valence-corrected chi connectivity index (χ0v) is 12.6. The van der Waals surface area contributed by atoms with Gasteiger partial charge in [0.15, 0.2) is 0 Å². The number of carboxylic acids is 1. The van der Waals surface area contributed by atoms with Crippen molar-refractivity contribution in [3.05, 3.63) is 29.6 Å². The van der Waals surface area contributed by atoms with Gasteiger partial charge in [-0.05, 0) is 24.3 Å². The Morgan fingerprint density at radius 2 is 2.38 bits per heavy atom. The Labute approximate surface area is 127 Å². The molecule has 0 spiro atoms. The molecular weight excluding hydrogens is 292 g/mol. The van der Waals surface area contributed by atoms with Gasteiger partial charge in [-0.2, -0.15) is 11.8 Å². The van der Waals surface area contributed by atoms with Gasteiger partial charge in [0, 0.05) is 31.6 Å². The molecule has 1 N–H and O–H groups in total. The monoisotopic (exact) mass is 310 g/mol. The fourth-order valence-electron chi connectivity index (χ4n) is 2.29. The van der Waals surface area contributed by atoms with Crippen LogP contribution in [0.5, 0.6) is 0 Å². The zero-order valence-electron chi connectivity index (χ0n) is 11.8. The summed E-state index contributed by atoms with van der Waals surface area (Å²) in [5.41, 5.74) is -0.0615. The van der Waals surface area contributed by atoms with Crippen molar-refractivity contribution < 1.29 is 19.4 Å². The van der Waals surface area contributed by atoms with Crippen LogP contribution in [0.25, 0.3) is 0 Å². The lowest BCUT2D eigenvalue weighted by molar-refractivity contribution is 0.0600. The second-order valence-corrected chi connectivity index (χ2v) is 5.86. The number of ether oxygens (including phenoxy) is 1. The van der Waals surface area contributed by atoms with E-state index < -0.39 is 5.97 Å². The number of methoxy groups -OCH3 is 1. The molecular formula is C14H18N2O4S. The van der Waals surface area contributed by atoms with Crippen LogP contribution in [0.1, 0.15) is 27.3 Å². The predicted molar refractivity (Wildman–Crippen MR) is 79.8 cm³/mol. The third-order valence-electron chi connectivity index (χ3n) is 3.38. The van der Waals surface area contributed by atoms with Crippen molar-refractivity contribution in [3.8, 4) is 0 Å². The average Bonchev–Trinajstić information content (AvgIpc) is 3.01. The third kappa shape index (κ3) is 3.74. The van der Waals surface area contributed by atoms with Crippen LogP contribution in [0, 0.1) is 0 Å². The highest BCUT2D eigenvalue weighted by molar-refractivity contribution is 7.99. The van der Waals surface area contributed by atoms with Crippen LogP contribution >= 0.6 is 11.8 Å². The van der Waals surface area contributed by atoms with E-state index in [9.17, 15) is 14.7 Å². The molecule has 1 saturated heterocycles. The number of hydrogen-bond donors (Lipinski definition) is 1. The van der Waals surface area contributed by atoms with Crippen molar-refractivity contribution in [1.29, 1.82) is 0 Å². The molecule has 0 bridgehead atoms. The minimum atomic E-state index is -1.14. The van der Waals surface area contributed by atoms with Crippen molar-refractivity contribution in [2.75, 3.05) is 31.8 Å². The number of thioether (sulfide) groups is 1. The summed E-state index contributed by atoms with van der Waals surface area (Å²) >= 11 is 1.80. The molecule has 1 fully saturated rings. The molecule has 0 radical (unpaired) electrons. The van der Waals surface area contributed by atoms with Crippen LogP contribution < -0.4 is 0 Å². The van der Waals surface area contributed by atoms with Crippen LogP contribution in [0.2, 0.25) is 0 Å². The Bertz CT molecular complexity index is 517. The number of aromatic carboxylic acids is 1. The van der Waals surface area contributed by atoms with E-state index in [4.69, 9.17) is 4.74 Å². The van der Waals surface area contributed by atoms with Gasteiger partial charge in [-0.25, -0.2) is 4.79 Å². The van der Waals surface area contributed by atoms with Crippen LogP contribution in [-0.4, -0.2) is 64.7 Å². The first-order valence-electron chi connectivity index (χ1n) is 6.71. The van der Waals surface area contributed by atoms with E-state index >= 15 is 0 Å². The maximum absolute atomic E-state index is 12.7. The molecule has 0 aliphatic carbocycles. The van der Waals surface area contributed by atoms with Gasteiger partial charge in [0.25, 0.3) is 5.91 Å². The van der Waals surface area contributed by atoms with Crippen LogP contribution in [0.4, 0.5) is 0 Å². The van der Waals surface area contributed by atoms with Crippen LogP contribution in [0.3, 0.4) is 0 Å². The highest BCUT2D eigenvalue weighted by Crippen LogP contribution is 2.24. The lowest BCUT2D eigenvalue weighted by atomic mass is 10.1. The molecule has 0 saturated carbocycles. The molecule has 2 heterocycles. The lowest BCUT2D eigenvalue weighted by Crippen LogP contribution is -2.43. The number of rotatable bonds is 6. The van der Waals surface area contributed by atoms with Crippen molar-refractivity contribution in [1.82, 2.24) is 9.88 Å². The molecule has 0 aromatic carbocycles. The molecule has 1 aromatic rings. The quantitative estimate of drug-likeness (QED) is 0.855. The molecule has 1 aliphatic rings. The first-order chi connectivity index (χ1) is 10.1. The Balaban J connectivity index is 2.26. The third-order valence-corrected chi connectivity index (χ3v) is 4.53. The smallest absolute Gasteiger partial charge is 0.338 e. The highest BCUT2D eigenvalue weighted by atomic mass is 32.2. The highest BCUT2D eigenvalue weighted by Gasteiger charge is 2.30. The van der Waals surface area contributed by atoms with E-state index in [1.165, 1.54) is 18.3 Å². The second kappa shape index (κ2) is 7.42. The molecule has 1 aliphatic heterocycles. The number of aromatic nitrogens is 1. The normalized spacial score (nSPS) is 17.7. The molecule has 7 heteroatoms. The standard InChI is InChI=1S/C14H18N2O4S/c1-20-7-6-16(10-4-8-21-9-10)13(17)12-11(14(18)19)3-2-5-15-12/h2-3,5,10H,4,6-9H2,1H3,(H,18,19). The van der Waals surface area contributed by atoms with Gasteiger partial charge >= 0.3 is 5.97 Å². The number of pyridine rings is 1. The van der Waals surface area contributed by atoms with Gasteiger partial charge in [0.1, 0.15) is 5.69 Å². The summed E-state index contributed by atoms with van der Waals surface area (Å²) in [6.45, 7) is 0.859. The van der Waals surface area contributed by atoms with E-state index in [0.29, 0.717) is 13.2 Å². The van der Waals surface area contributed by atoms with E-state index in [-0.39, 0.29) is 23.2 Å². The molecule has 1 atom stereocenters. The maximum atomic E-state index is 12.7. The zero-order chi connectivity index (χ0) is 15.2. The second-order valence-electron chi connectivity index (χ2n) is 4.71. The first-order valence-corrected chi connectivity index (χ1v) is 7.86. The van der Waals surface area contributed by atoms with Gasteiger partial charge in [-0.1, -0.05) is 0 Å². The Kier molecular flexibility index (Phi) is 5.58. The van der Waals surface area contributed by atoms with E-state index in [1.54, 1.807) is 23.8 Å². The number of carboxylic acid groups (broad SMARTS) is 1. The number of nitrogens with zero attached hydrogens (tertiary/aromatic N) is 2. The number of amides is 1. The first kappa shape index (κ1) is 15.8. The van der Waals surface area contributed by atoms with Gasteiger partial charge in [-0.15, -0.1) is 0 Å². The summed E-state index contributed by atoms with van der Waals surface area (Å²) in [5.74, 6) is 0.400. The molecule has 1 amide bonds. The fraction of sp³-hybridized carbons (Fsp3) is 0.500. The van der Waals surface area contributed by atoms with Gasteiger partial charge in [0.2, 0.25) is 0 Å². The van der Waals surface area contributed by atoms with Crippen LogP contribution in [-0.2, 0) is 4.74 Å². The lowest BCUT2D eigenvalue weighted by Gasteiger charge is -2.28. The van der Waals surface area contributed by atoms with Crippen LogP contribution in [0.15, 0.2) is 18.3 Å². The fourth-order valence-corrected chi connectivity index (χ4v) is 3.52. The van der Waals surface area contributed by atoms with Crippen molar-refractivity contribution in [3.63, 3.8) is 0 Å². The average molecular weight is 310 g/mol. The summed E-state index contributed by atoms with van der Waals surface area (Å²) in [4.78, 5) is 29.6. The van der Waals surface area contributed by atoms with Crippen molar-refractivity contribution in [2.45, 2.75) is 12.5 Å². The molecule has 114 valence electrons. The minimum Gasteiger partial charge on any atom is -0.478 e. The number of hydrogen-bond acceptors (Lipinski definition) is 5. The Hall–Kier alpha value is -1.60. The Morgan fingerprint density at radius 1 is 1.57 bits per heavy atom. The Morgan fingerprint density at radius 3 is 3.00 bits per heavy atom. The summed E-state index contributed by atoms with van der Waals surface area (Å²) in [6.07, 6.45) is 2.35. The summed E-state index contributed by atoms with van der Waals surface area (Å²) < 4.78 is 5.06. The summed E-state index contributed by atoms with van der Waals surface area (Å²) in [6, 6.07) is 3.03. The molecule has 6 nitrogen and oxygen atoms in total. The minimum absolute atomic E-state index is 0.00185. The van der Waals surface area contributed by atoms with E-state index in [2.05, 4.69) is 4.98 Å². The summed E-state index contributed by atoms with van der Waals surface area (Å²) in [7, 11) is 1.58. The van der Waals surface area contributed by atoms with Gasteiger partial charge in [0.05, 0.1) is 12.2 Å². The topological polar surface area (TPSA) is 79.7 Å². The molecule has 2 rings (SSSR count). The van der Waals surface area contributed by atoms with Gasteiger partial charge in [-0.3, -0.25) is 9.78 Å². The van der Waals surface area contributed by atoms with E-state index in [0.717, 1.165) is 17.9 Å². The van der Waals surface area contributed by atoms with Gasteiger partial charge < -0.3 is 14.7 Å². The number of carbonyl (C=O) groups is 2. The molecule has 1 aromatic heterocycles. The number of carbonyl (C=O) groups excluding carboxylic acids is 1. The SMILES string of the molecule is COCCN(C(=O)c1ncccc1C(=O)O)C1CCSC1. The predicted octanol–water partition coefficient (Wildman–Crippen LogP) is 1.37. The van der Waals surface area contributed by atoms with E-state index in [1.807, 2.05) is 0 Å². The molecule has 1 unspecified atom stereocenters. The largest absolute Gasteiger partial charge is 0.478 e. The summed E-state index contributed by atoms with van der Waals surface area (Å²) in [5, 5.41) is 9.20.